The summed E-state index contributed by atoms with van der Waals surface area (Å²) in [5, 5.41) is 14.5. The normalized spacial score (nSPS) is 21.0. The second-order valence-corrected chi connectivity index (χ2v) is 6.37. The van der Waals surface area contributed by atoms with Crippen molar-refractivity contribution < 1.29 is 14.3 Å². The van der Waals surface area contributed by atoms with Crippen LogP contribution in [0.2, 0.25) is 0 Å². The van der Waals surface area contributed by atoms with Gasteiger partial charge in [-0.1, -0.05) is 18.2 Å². The van der Waals surface area contributed by atoms with Crippen LogP contribution in [-0.2, 0) is 17.8 Å². The molecule has 1 amide bonds. The maximum Gasteiger partial charge on any atom is 0.244 e. The molecule has 0 bridgehead atoms. The molecule has 0 radical (unpaired) electrons. The number of aliphatic hydroxyl groups is 1. The predicted molar refractivity (Wildman–Crippen MR) is 87.8 cm³/mol. The number of rotatable bonds is 4. The van der Waals surface area contributed by atoms with Gasteiger partial charge in [0.15, 0.2) is 0 Å². The lowest BCUT2D eigenvalue weighted by Gasteiger charge is -2.39. The summed E-state index contributed by atoms with van der Waals surface area (Å²) in [5.74, 6) is -0.399. The lowest BCUT2D eigenvalue weighted by atomic mass is 9.92. The van der Waals surface area contributed by atoms with Gasteiger partial charge in [0, 0.05) is 12.7 Å². The van der Waals surface area contributed by atoms with Gasteiger partial charge in [0.25, 0.3) is 0 Å². The molecule has 2 atom stereocenters. The number of halogens is 1. The lowest BCUT2D eigenvalue weighted by Crippen LogP contribution is -2.53. The zero-order chi connectivity index (χ0) is 17.1. The van der Waals surface area contributed by atoms with Crippen molar-refractivity contribution in [2.24, 2.45) is 0 Å². The summed E-state index contributed by atoms with van der Waals surface area (Å²) < 4.78 is 15.5. The van der Waals surface area contributed by atoms with Crippen LogP contribution in [0.25, 0.3) is 0 Å². The number of benzene rings is 1. The molecule has 0 unspecified atom stereocenters. The lowest BCUT2D eigenvalue weighted by molar-refractivity contribution is -0.139. The molecule has 1 fully saturated rings. The van der Waals surface area contributed by atoms with E-state index in [0.717, 1.165) is 12.0 Å². The van der Waals surface area contributed by atoms with Crippen LogP contribution < -0.4 is 0 Å². The molecule has 2 heterocycles. The Hall–Kier alpha value is -2.21. The first-order valence-corrected chi connectivity index (χ1v) is 8.24. The monoisotopic (exact) mass is 331 g/mol. The van der Waals surface area contributed by atoms with Crippen LogP contribution in [-0.4, -0.2) is 44.4 Å². The number of piperidine rings is 1. The first-order chi connectivity index (χ1) is 11.5. The quantitative estimate of drug-likeness (QED) is 0.931. The topological polar surface area (TPSA) is 58.4 Å². The van der Waals surface area contributed by atoms with Crippen molar-refractivity contribution in [1.29, 1.82) is 0 Å². The molecule has 1 N–H and O–H groups in total. The molecule has 5 nitrogen and oxygen atoms in total. The molecular formula is C18H22FN3O2. The molecule has 0 spiro atoms. The number of aliphatic hydroxyl groups excluding tert-OH is 1. The van der Waals surface area contributed by atoms with Crippen LogP contribution in [0.4, 0.5) is 4.39 Å². The molecule has 1 aliphatic rings. The molecular weight excluding hydrogens is 309 g/mol. The number of hydrogen-bond donors (Lipinski definition) is 1. The van der Waals surface area contributed by atoms with E-state index in [9.17, 15) is 14.3 Å². The second-order valence-electron chi connectivity index (χ2n) is 6.37. The molecule has 1 saturated heterocycles. The number of nitrogens with zero attached hydrogens (tertiary/aromatic N) is 3. The van der Waals surface area contributed by atoms with Gasteiger partial charge >= 0.3 is 0 Å². The van der Waals surface area contributed by atoms with Gasteiger partial charge < -0.3 is 10.0 Å². The molecule has 128 valence electrons. The number of aromatic nitrogens is 2. The van der Waals surface area contributed by atoms with Crippen molar-refractivity contribution in [3.05, 3.63) is 53.6 Å². The van der Waals surface area contributed by atoms with E-state index in [-0.39, 0.29) is 18.3 Å². The zero-order valence-corrected chi connectivity index (χ0v) is 13.7. The summed E-state index contributed by atoms with van der Waals surface area (Å²) in [5.41, 5.74) is 1.51. The van der Waals surface area contributed by atoms with E-state index in [2.05, 4.69) is 5.10 Å². The summed E-state index contributed by atoms with van der Waals surface area (Å²) in [4.78, 5) is 14.3. The number of hydrogen-bond acceptors (Lipinski definition) is 3. The number of amides is 1. The third kappa shape index (κ3) is 3.64. The van der Waals surface area contributed by atoms with Crippen molar-refractivity contribution in [2.75, 3.05) is 6.54 Å². The first kappa shape index (κ1) is 16.6. The van der Waals surface area contributed by atoms with Crippen molar-refractivity contribution in [3.63, 3.8) is 0 Å². The van der Waals surface area contributed by atoms with E-state index < -0.39 is 12.1 Å². The van der Waals surface area contributed by atoms with Crippen molar-refractivity contribution in [2.45, 2.75) is 44.9 Å². The van der Waals surface area contributed by atoms with Crippen LogP contribution >= 0.6 is 0 Å². The molecule has 0 saturated carbocycles. The highest BCUT2D eigenvalue weighted by Gasteiger charge is 2.33. The molecule has 1 aromatic heterocycles. The Morgan fingerprint density at radius 3 is 2.92 bits per heavy atom. The number of aryl methyl sites for hydroxylation is 1. The van der Waals surface area contributed by atoms with Gasteiger partial charge in [0.05, 0.1) is 18.3 Å². The Labute approximate surface area is 140 Å². The van der Waals surface area contributed by atoms with Gasteiger partial charge in [-0.05, 0) is 43.4 Å². The molecule has 1 aliphatic heterocycles. The minimum Gasteiger partial charge on any atom is -0.391 e. The number of carbonyl (C=O) groups excluding carboxylic acids is 1. The van der Waals surface area contributed by atoms with E-state index in [1.54, 1.807) is 34.0 Å². The fraction of sp³-hybridized carbons (Fsp3) is 0.444. The maximum atomic E-state index is 14.0. The van der Waals surface area contributed by atoms with Gasteiger partial charge in [-0.2, -0.15) is 5.10 Å². The zero-order valence-electron chi connectivity index (χ0n) is 13.7. The van der Waals surface area contributed by atoms with E-state index in [4.69, 9.17) is 0 Å². The molecule has 24 heavy (non-hydrogen) atoms. The minimum absolute atomic E-state index is 0.0989. The summed E-state index contributed by atoms with van der Waals surface area (Å²) in [6.07, 6.45) is 4.57. The van der Waals surface area contributed by atoms with Gasteiger partial charge in [-0.15, -0.1) is 0 Å². The summed E-state index contributed by atoms with van der Waals surface area (Å²) >= 11 is 0. The van der Waals surface area contributed by atoms with Crippen molar-refractivity contribution in [3.8, 4) is 0 Å². The summed E-state index contributed by atoms with van der Waals surface area (Å²) in [7, 11) is 0. The number of carbonyl (C=O) groups is 1. The second kappa shape index (κ2) is 7.13. The minimum atomic E-state index is -0.637. The highest BCUT2D eigenvalue weighted by Crippen LogP contribution is 2.23. The third-order valence-corrected chi connectivity index (χ3v) is 4.51. The van der Waals surface area contributed by atoms with Crippen LogP contribution in [0.3, 0.4) is 0 Å². The molecule has 6 heteroatoms. The van der Waals surface area contributed by atoms with Crippen LogP contribution in [0, 0.1) is 12.7 Å². The summed E-state index contributed by atoms with van der Waals surface area (Å²) in [6.45, 7) is 2.63. The fourth-order valence-corrected chi connectivity index (χ4v) is 3.26. The Kier molecular flexibility index (Phi) is 4.94. The fourth-order valence-electron chi connectivity index (χ4n) is 3.26. The third-order valence-electron chi connectivity index (χ3n) is 4.51. The predicted octanol–water partition coefficient (Wildman–Crippen LogP) is 1.93. The van der Waals surface area contributed by atoms with E-state index >= 15 is 0 Å². The van der Waals surface area contributed by atoms with Gasteiger partial charge in [-0.3, -0.25) is 9.48 Å². The van der Waals surface area contributed by atoms with Crippen molar-refractivity contribution >= 4 is 5.91 Å². The van der Waals surface area contributed by atoms with Crippen LogP contribution in [0.5, 0.6) is 0 Å². The average Bonchev–Trinajstić information content (AvgIpc) is 2.96. The number of likely N-dealkylation sites (tertiary alicyclic amines) is 1. The first-order valence-electron chi connectivity index (χ1n) is 8.24. The van der Waals surface area contributed by atoms with Crippen LogP contribution in [0.1, 0.15) is 24.0 Å². The average molecular weight is 331 g/mol. The largest absolute Gasteiger partial charge is 0.391 e. The maximum absolute atomic E-state index is 14.0. The van der Waals surface area contributed by atoms with E-state index in [1.807, 2.05) is 13.1 Å². The Balaban J connectivity index is 1.76. The molecule has 1 aromatic carbocycles. The highest BCUT2D eigenvalue weighted by molar-refractivity contribution is 5.76. The highest BCUT2D eigenvalue weighted by atomic mass is 19.1. The SMILES string of the molecule is Cc1cnn(CC(=O)N2CCC[C@H](O)[C@@H]2Cc2ccccc2F)c1. The van der Waals surface area contributed by atoms with E-state index in [0.29, 0.717) is 24.9 Å². The Bertz CT molecular complexity index is 716. The van der Waals surface area contributed by atoms with Crippen molar-refractivity contribution in [1.82, 2.24) is 14.7 Å². The standard InChI is InChI=1S/C18H22FN3O2/c1-13-10-20-21(11-13)12-18(24)22-8-4-7-17(23)16(22)9-14-5-2-3-6-15(14)19/h2-3,5-6,10-11,16-17,23H,4,7-9,12H2,1H3/t16-,17-/m0/s1. The molecule has 3 rings (SSSR count). The smallest absolute Gasteiger partial charge is 0.244 e. The van der Waals surface area contributed by atoms with Crippen LogP contribution in [0.15, 0.2) is 36.7 Å². The van der Waals surface area contributed by atoms with E-state index in [1.165, 1.54) is 6.07 Å². The Morgan fingerprint density at radius 2 is 2.21 bits per heavy atom. The molecule has 2 aromatic rings. The van der Waals surface area contributed by atoms with Gasteiger partial charge in [0.2, 0.25) is 5.91 Å². The summed E-state index contributed by atoms with van der Waals surface area (Å²) in [6, 6.07) is 6.12. The Morgan fingerprint density at radius 1 is 1.42 bits per heavy atom. The molecule has 0 aliphatic carbocycles. The van der Waals surface area contributed by atoms with Gasteiger partial charge in [0.1, 0.15) is 12.4 Å². The van der Waals surface area contributed by atoms with Gasteiger partial charge in [-0.25, -0.2) is 4.39 Å².